The Hall–Kier alpha value is -0.610. The van der Waals surface area contributed by atoms with Gasteiger partial charge in [0.25, 0.3) is 0 Å². The van der Waals surface area contributed by atoms with Crippen molar-refractivity contribution in [1.29, 1.82) is 0 Å². The van der Waals surface area contributed by atoms with Crippen LogP contribution in [0.25, 0.3) is 0 Å². The largest absolute Gasteiger partial charge is 0.364 e. The molecule has 0 spiro atoms. The Bertz CT molecular complexity index is 211. The SMILES string of the molecule is CCC(C)(CN)OCC(=O)NCC1CC1. The summed E-state index contributed by atoms with van der Waals surface area (Å²) in [5, 5.41) is 2.86. The molecule has 0 heterocycles. The van der Waals surface area contributed by atoms with Crippen LogP contribution in [-0.4, -0.2) is 31.2 Å². The fourth-order valence-electron chi connectivity index (χ4n) is 1.18. The number of hydrogen-bond donors (Lipinski definition) is 2. The minimum Gasteiger partial charge on any atom is -0.364 e. The summed E-state index contributed by atoms with van der Waals surface area (Å²) in [4.78, 5) is 11.4. The number of nitrogens with one attached hydrogen (secondary N) is 1. The molecule has 0 aromatic carbocycles. The van der Waals surface area contributed by atoms with Gasteiger partial charge in [0.1, 0.15) is 6.61 Å². The molecule has 88 valence electrons. The molecule has 0 saturated heterocycles. The molecule has 1 fully saturated rings. The van der Waals surface area contributed by atoms with E-state index in [4.69, 9.17) is 10.5 Å². The summed E-state index contributed by atoms with van der Waals surface area (Å²) in [6.07, 6.45) is 3.31. The average Bonchev–Trinajstić information content (AvgIpc) is 3.07. The molecule has 15 heavy (non-hydrogen) atoms. The van der Waals surface area contributed by atoms with E-state index in [0.717, 1.165) is 13.0 Å². The number of ether oxygens (including phenoxy) is 1. The first-order valence-corrected chi connectivity index (χ1v) is 5.70. The van der Waals surface area contributed by atoms with Crippen molar-refractivity contribution >= 4 is 5.91 Å². The van der Waals surface area contributed by atoms with Gasteiger partial charge in [-0.3, -0.25) is 4.79 Å². The Balaban J connectivity index is 2.13. The Morgan fingerprint density at radius 1 is 1.60 bits per heavy atom. The molecule has 1 unspecified atom stereocenters. The van der Waals surface area contributed by atoms with E-state index in [1.165, 1.54) is 12.8 Å². The lowest BCUT2D eigenvalue weighted by atomic mass is 10.0. The zero-order valence-corrected chi connectivity index (χ0v) is 9.71. The average molecular weight is 214 g/mol. The molecule has 1 saturated carbocycles. The summed E-state index contributed by atoms with van der Waals surface area (Å²) in [5.41, 5.74) is 5.22. The van der Waals surface area contributed by atoms with Gasteiger partial charge >= 0.3 is 0 Å². The molecule has 1 rings (SSSR count). The maximum Gasteiger partial charge on any atom is 0.246 e. The third-order valence-electron chi connectivity index (χ3n) is 3.02. The van der Waals surface area contributed by atoms with E-state index in [-0.39, 0.29) is 18.1 Å². The zero-order chi connectivity index (χ0) is 11.3. The standard InChI is InChI=1S/C11H22N2O2/c1-3-11(2,8-12)15-7-10(14)13-6-9-4-5-9/h9H,3-8,12H2,1-2H3,(H,13,14). The number of amides is 1. The highest BCUT2D eigenvalue weighted by molar-refractivity contribution is 5.77. The van der Waals surface area contributed by atoms with E-state index >= 15 is 0 Å². The molecule has 0 radical (unpaired) electrons. The normalized spacial score (nSPS) is 19.7. The monoisotopic (exact) mass is 214 g/mol. The highest BCUT2D eigenvalue weighted by atomic mass is 16.5. The molecule has 4 heteroatoms. The van der Waals surface area contributed by atoms with E-state index in [0.29, 0.717) is 12.5 Å². The predicted molar refractivity (Wildman–Crippen MR) is 59.4 cm³/mol. The summed E-state index contributed by atoms with van der Waals surface area (Å²) >= 11 is 0. The first-order valence-electron chi connectivity index (χ1n) is 5.70. The molecule has 0 aromatic heterocycles. The van der Waals surface area contributed by atoms with E-state index in [1.54, 1.807) is 0 Å². The first kappa shape index (κ1) is 12.5. The Morgan fingerprint density at radius 3 is 2.73 bits per heavy atom. The highest BCUT2D eigenvalue weighted by Gasteiger charge is 2.24. The zero-order valence-electron chi connectivity index (χ0n) is 9.71. The summed E-state index contributed by atoms with van der Waals surface area (Å²) in [5.74, 6) is 0.677. The van der Waals surface area contributed by atoms with Gasteiger partial charge in [-0.25, -0.2) is 0 Å². The lowest BCUT2D eigenvalue weighted by Gasteiger charge is -2.26. The Morgan fingerprint density at radius 2 is 2.27 bits per heavy atom. The smallest absolute Gasteiger partial charge is 0.246 e. The lowest BCUT2D eigenvalue weighted by Crippen LogP contribution is -2.40. The van der Waals surface area contributed by atoms with Gasteiger partial charge in [0.05, 0.1) is 5.60 Å². The van der Waals surface area contributed by atoms with E-state index in [1.807, 2.05) is 13.8 Å². The second-order valence-corrected chi connectivity index (χ2v) is 4.54. The van der Waals surface area contributed by atoms with E-state index < -0.39 is 0 Å². The second kappa shape index (κ2) is 5.47. The van der Waals surface area contributed by atoms with Gasteiger partial charge in [-0.15, -0.1) is 0 Å². The molecule has 1 atom stereocenters. The molecule has 0 aromatic rings. The molecule has 1 aliphatic rings. The van der Waals surface area contributed by atoms with Crippen molar-refractivity contribution in [3.63, 3.8) is 0 Å². The molecule has 1 amide bonds. The van der Waals surface area contributed by atoms with Gasteiger partial charge in [-0.1, -0.05) is 6.92 Å². The van der Waals surface area contributed by atoms with Crippen LogP contribution in [0, 0.1) is 5.92 Å². The minimum atomic E-state index is -0.364. The predicted octanol–water partition coefficient (Wildman–Crippen LogP) is 0.657. The van der Waals surface area contributed by atoms with Crippen molar-refractivity contribution in [1.82, 2.24) is 5.32 Å². The van der Waals surface area contributed by atoms with Crippen LogP contribution < -0.4 is 11.1 Å². The van der Waals surface area contributed by atoms with Crippen LogP contribution in [0.4, 0.5) is 0 Å². The van der Waals surface area contributed by atoms with Crippen molar-refractivity contribution in [3.05, 3.63) is 0 Å². The highest BCUT2D eigenvalue weighted by Crippen LogP contribution is 2.27. The number of carbonyl (C=O) groups excluding carboxylic acids is 1. The van der Waals surface area contributed by atoms with E-state index in [9.17, 15) is 4.79 Å². The van der Waals surface area contributed by atoms with Crippen molar-refractivity contribution in [2.24, 2.45) is 11.7 Å². The van der Waals surface area contributed by atoms with Gasteiger partial charge in [-0.05, 0) is 32.1 Å². The van der Waals surface area contributed by atoms with Crippen molar-refractivity contribution in [2.75, 3.05) is 19.7 Å². The molecule has 1 aliphatic carbocycles. The Labute approximate surface area is 91.5 Å². The molecule has 0 bridgehead atoms. The number of carbonyl (C=O) groups is 1. The quantitative estimate of drug-likeness (QED) is 0.654. The van der Waals surface area contributed by atoms with Crippen LogP contribution in [0.5, 0.6) is 0 Å². The maximum absolute atomic E-state index is 11.4. The molecular formula is C11H22N2O2. The minimum absolute atomic E-state index is 0.0324. The van der Waals surface area contributed by atoms with Gasteiger partial charge in [0.15, 0.2) is 0 Å². The first-order chi connectivity index (χ1) is 7.09. The van der Waals surface area contributed by atoms with Crippen molar-refractivity contribution in [2.45, 2.75) is 38.7 Å². The van der Waals surface area contributed by atoms with Crippen LogP contribution in [0.1, 0.15) is 33.1 Å². The third kappa shape index (κ3) is 4.62. The number of rotatable bonds is 7. The summed E-state index contributed by atoms with van der Waals surface area (Å²) in [7, 11) is 0. The number of nitrogens with two attached hydrogens (primary N) is 1. The maximum atomic E-state index is 11.4. The van der Waals surface area contributed by atoms with Crippen LogP contribution >= 0.6 is 0 Å². The lowest BCUT2D eigenvalue weighted by molar-refractivity contribution is -0.132. The van der Waals surface area contributed by atoms with Crippen molar-refractivity contribution in [3.8, 4) is 0 Å². The summed E-state index contributed by atoms with van der Waals surface area (Å²) in [6, 6.07) is 0. The fraction of sp³-hybridized carbons (Fsp3) is 0.909. The van der Waals surface area contributed by atoms with Gasteiger partial charge in [-0.2, -0.15) is 0 Å². The van der Waals surface area contributed by atoms with E-state index in [2.05, 4.69) is 5.32 Å². The third-order valence-corrected chi connectivity index (χ3v) is 3.02. The molecule has 0 aliphatic heterocycles. The van der Waals surface area contributed by atoms with Gasteiger partial charge < -0.3 is 15.8 Å². The van der Waals surface area contributed by atoms with Crippen LogP contribution in [0.15, 0.2) is 0 Å². The molecule has 4 nitrogen and oxygen atoms in total. The topological polar surface area (TPSA) is 64.3 Å². The van der Waals surface area contributed by atoms with Crippen LogP contribution in [0.3, 0.4) is 0 Å². The summed E-state index contributed by atoms with van der Waals surface area (Å²) in [6.45, 7) is 5.30. The van der Waals surface area contributed by atoms with Crippen LogP contribution in [0.2, 0.25) is 0 Å². The van der Waals surface area contributed by atoms with Crippen molar-refractivity contribution < 1.29 is 9.53 Å². The van der Waals surface area contributed by atoms with Gasteiger partial charge in [0.2, 0.25) is 5.91 Å². The summed E-state index contributed by atoms with van der Waals surface area (Å²) < 4.78 is 5.51. The molecular weight excluding hydrogens is 192 g/mol. The second-order valence-electron chi connectivity index (χ2n) is 4.54. The Kier molecular flexibility index (Phi) is 4.54. The van der Waals surface area contributed by atoms with Crippen LogP contribution in [-0.2, 0) is 9.53 Å². The number of hydrogen-bond acceptors (Lipinski definition) is 3. The van der Waals surface area contributed by atoms with Gasteiger partial charge in [0, 0.05) is 13.1 Å². The fourth-order valence-corrected chi connectivity index (χ4v) is 1.18. The molecule has 3 N–H and O–H groups in total.